The van der Waals surface area contributed by atoms with Crippen LogP contribution in [0, 0.1) is 0 Å². The third-order valence-electron chi connectivity index (χ3n) is 3.10. The lowest BCUT2D eigenvalue weighted by Crippen LogP contribution is -2.22. The molecule has 0 saturated carbocycles. The van der Waals surface area contributed by atoms with Crippen molar-refractivity contribution in [2.45, 2.75) is 26.2 Å². The van der Waals surface area contributed by atoms with Crippen molar-refractivity contribution in [1.82, 2.24) is 0 Å². The van der Waals surface area contributed by atoms with Crippen LogP contribution in [0.2, 0.25) is 0 Å². The van der Waals surface area contributed by atoms with Crippen molar-refractivity contribution < 1.29 is 0 Å². The Kier molecular flexibility index (Phi) is 6.33. The fourth-order valence-electron chi connectivity index (χ4n) is 1.98. The first-order valence-corrected chi connectivity index (χ1v) is 7.57. The number of aliphatic imine (C=N–C) groups is 1. The molecule has 2 aromatic carbocycles. The second kappa shape index (κ2) is 8.80. The summed E-state index contributed by atoms with van der Waals surface area (Å²) in [5.41, 5.74) is 2.07. The van der Waals surface area contributed by atoms with Crippen LogP contribution in [0.25, 0.3) is 0 Å². The minimum absolute atomic E-state index is 0.795. The Morgan fingerprint density at radius 2 is 1.33 bits per heavy atom. The van der Waals surface area contributed by atoms with Gasteiger partial charge in [-0.15, -0.1) is 0 Å². The predicted molar refractivity (Wildman–Crippen MR) is 92.0 cm³/mol. The summed E-state index contributed by atoms with van der Waals surface area (Å²) in [5, 5.41) is 6.69. The average molecular weight is 281 g/mol. The second-order valence-electron chi connectivity index (χ2n) is 4.92. The number of unbranched alkanes of at least 4 members (excludes halogenated alkanes) is 2. The van der Waals surface area contributed by atoms with Crippen molar-refractivity contribution in [3.63, 3.8) is 0 Å². The Labute approximate surface area is 127 Å². The maximum atomic E-state index is 4.65. The van der Waals surface area contributed by atoms with E-state index in [0.717, 1.165) is 30.3 Å². The lowest BCUT2D eigenvalue weighted by atomic mass is 10.2. The molecular weight excluding hydrogens is 258 g/mol. The first-order chi connectivity index (χ1) is 10.4. The molecule has 0 aliphatic heterocycles. The van der Waals surface area contributed by atoms with Gasteiger partial charge in [0.05, 0.1) is 0 Å². The van der Waals surface area contributed by atoms with Crippen LogP contribution in [-0.2, 0) is 0 Å². The third kappa shape index (κ3) is 5.69. The second-order valence-corrected chi connectivity index (χ2v) is 4.92. The summed E-state index contributed by atoms with van der Waals surface area (Å²) in [6, 6.07) is 20.2. The zero-order valence-corrected chi connectivity index (χ0v) is 12.5. The summed E-state index contributed by atoms with van der Waals surface area (Å²) < 4.78 is 0. The van der Waals surface area contributed by atoms with Crippen molar-refractivity contribution in [2.75, 3.05) is 17.2 Å². The number of hydrogen-bond acceptors (Lipinski definition) is 1. The van der Waals surface area contributed by atoms with Crippen LogP contribution in [0.4, 0.5) is 11.4 Å². The summed E-state index contributed by atoms with van der Waals surface area (Å²) in [7, 11) is 0. The van der Waals surface area contributed by atoms with Gasteiger partial charge in [-0.05, 0) is 30.7 Å². The summed E-state index contributed by atoms with van der Waals surface area (Å²) >= 11 is 0. The molecule has 2 rings (SSSR count). The zero-order valence-electron chi connectivity index (χ0n) is 12.5. The van der Waals surface area contributed by atoms with E-state index in [1.165, 1.54) is 12.8 Å². The van der Waals surface area contributed by atoms with E-state index in [1.807, 2.05) is 60.7 Å². The van der Waals surface area contributed by atoms with E-state index in [-0.39, 0.29) is 0 Å². The van der Waals surface area contributed by atoms with E-state index in [2.05, 4.69) is 22.5 Å². The number of benzene rings is 2. The lowest BCUT2D eigenvalue weighted by Gasteiger charge is -2.12. The van der Waals surface area contributed by atoms with Crippen LogP contribution in [0.3, 0.4) is 0 Å². The van der Waals surface area contributed by atoms with E-state index in [0.29, 0.717) is 0 Å². The molecule has 0 atom stereocenters. The Bertz CT molecular complexity index is 491. The molecule has 0 radical (unpaired) electrons. The monoisotopic (exact) mass is 281 g/mol. The van der Waals surface area contributed by atoms with Gasteiger partial charge in [0.25, 0.3) is 0 Å². The topological polar surface area (TPSA) is 36.4 Å². The van der Waals surface area contributed by atoms with Gasteiger partial charge in [-0.1, -0.05) is 56.2 Å². The van der Waals surface area contributed by atoms with Gasteiger partial charge in [-0.2, -0.15) is 0 Å². The third-order valence-corrected chi connectivity index (χ3v) is 3.10. The smallest absolute Gasteiger partial charge is 0.200 e. The van der Waals surface area contributed by atoms with Gasteiger partial charge in [0.15, 0.2) is 5.96 Å². The summed E-state index contributed by atoms with van der Waals surface area (Å²) in [6.07, 6.45) is 3.55. The molecule has 0 heterocycles. The number of para-hydroxylation sites is 2. The maximum Gasteiger partial charge on any atom is 0.200 e. The summed E-state index contributed by atoms with van der Waals surface area (Å²) in [6.45, 7) is 3.04. The molecule has 0 unspecified atom stereocenters. The molecule has 2 aromatic rings. The first kappa shape index (κ1) is 15.1. The quantitative estimate of drug-likeness (QED) is 0.455. The highest BCUT2D eigenvalue weighted by atomic mass is 15.2. The van der Waals surface area contributed by atoms with Gasteiger partial charge < -0.3 is 10.6 Å². The molecule has 21 heavy (non-hydrogen) atoms. The van der Waals surface area contributed by atoms with Gasteiger partial charge in [0, 0.05) is 17.9 Å². The van der Waals surface area contributed by atoms with E-state index >= 15 is 0 Å². The van der Waals surface area contributed by atoms with Gasteiger partial charge in [0.1, 0.15) is 0 Å². The van der Waals surface area contributed by atoms with Gasteiger partial charge in [0.2, 0.25) is 0 Å². The van der Waals surface area contributed by atoms with Crippen molar-refractivity contribution in [2.24, 2.45) is 4.99 Å². The molecule has 0 fully saturated rings. The molecule has 0 aliphatic rings. The molecule has 0 amide bonds. The number of anilines is 2. The number of guanidine groups is 1. The number of nitrogens with zero attached hydrogens (tertiary/aromatic N) is 1. The molecule has 0 spiro atoms. The van der Waals surface area contributed by atoms with Crippen LogP contribution < -0.4 is 10.6 Å². The fourth-order valence-corrected chi connectivity index (χ4v) is 1.98. The van der Waals surface area contributed by atoms with Crippen LogP contribution >= 0.6 is 0 Å². The predicted octanol–water partition coefficient (Wildman–Crippen LogP) is 4.76. The average Bonchev–Trinajstić information content (AvgIpc) is 2.53. The van der Waals surface area contributed by atoms with E-state index in [9.17, 15) is 0 Å². The molecule has 0 aromatic heterocycles. The number of nitrogens with one attached hydrogen (secondary N) is 2. The summed E-state index contributed by atoms with van der Waals surface area (Å²) in [4.78, 5) is 4.65. The molecular formula is C18H23N3. The molecule has 0 aliphatic carbocycles. The number of hydrogen-bond donors (Lipinski definition) is 2. The zero-order chi connectivity index (χ0) is 14.8. The number of rotatable bonds is 6. The molecule has 3 heteroatoms. The van der Waals surface area contributed by atoms with Gasteiger partial charge in [-0.25, -0.2) is 0 Å². The highest BCUT2D eigenvalue weighted by Crippen LogP contribution is 2.09. The van der Waals surface area contributed by atoms with Crippen molar-refractivity contribution in [3.8, 4) is 0 Å². The molecule has 0 bridgehead atoms. The largest absolute Gasteiger partial charge is 0.326 e. The van der Waals surface area contributed by atoms with Gasteiger partial charge in [-0.3, -0.25) is 4.99 Å². The van der Waals surface area contributed by atoms with E-state index in [4.69, 9.17) is 0 Å². The molecule has 3 nitrogen and oxygen atoms in total. The first-order valence-electron chi connectivity index (χ1n) is 7.57. The highest BCUT2D eigenvalue weighted by molar-refractivity contribution is 6.03. The maximum absolute atomic E-state index is 4.65. The minimum atomic E-state index is 0.795. The summed E-state index contributed by atoms with van der Waals surface area (Å²) in [5.74, 6) is 0.795. The van der Waals surface area contributed by atoms with Crippen LogP contribution in [0.5, 0.6) is 0 Å². The van der Waals surface area contributed by atoms with Gasteiger partial charge >= 0.3 is 0 Å². The van der Waals surface area contributed by atoms with Crippen LogP contribution in [0.1, 0.15) is 26.2 Å². The van der Waals surface area contributed by atoms with Crippen molar-refractivity contribution in [1.29, 1.82) is 0 Å². The lowest BCUT2D eigenvalue weighted by molar-refractivity contribution is 0.728. The fraction of sp³-hybridized carbons (Fsp3) is 0.278. The Morgan fingerprint density at radius 3 is 1.81 bits per heavy atom. The standard InChI is InChI=1S/C18H23N3/c1-2-3-10-15-19-18(20-16-11-6-4-7-12-16)21-17-13-8-5-9-14-17/h4-9,11-14H,2-3,10,15H2,1H3,(H2,19,20,21). The van der Waals surface area contributed by atoms with Crippen molar-refractivity contribution >= 4 is 17.3 Å². The highest BCUT2D eigenvalue weighted by Gasteiger charge is 2.00. The van der Waals surface area contributed by atoms with E-state index < -0.39 is 0 Å². The SMILES string of the molecule is CCCCCN=C(Nc1ccccc1)Nc1ccccc1. The van der Waals surface area contributed by atoms with E-state index in [1.54, 1.807) is 0 Å². The van der Waals surface area contributed by atoms with Crippen molar-refractivity contribution in [3.05, 3.63) is 60.7 Å². The minimum Gasteiger partial charge on any atom is -0.326 e. The Balaban J connectivity index is 2.03. The molecule has 0 saturated heterocycles. The Hall–Kier alpha value is -2.29. The molecule has 110 valence electrons. The van der Waals surface area contributed by atoms with Crippen LogP contribution in [0.15, 0.2) is 65.7 Å². The normalized spacial score (nSPS) is 9.95. The van der Waals surface area contributed by atoms with Crippen LogP contribution in [-0.4, -0.2) is 12.5 Å². The Morgan fingerprint density at radius 1 is 0.810 bits per heavy atom. The molecule has 2 N–H and O–H groups in total.